The summed E-state index contributed by atoms with van der Waals surface area (Å²) in [5, 5.41) is 1.69. The van der Waals surface area contributed by atoms with E-state index in [2.05, 4.69) is 36.2 Å². The van der Waals surface area contributed by atoms with Gasteiger partial charge in [0.15, 0.2) is 0 Å². The van der Waals surface area contributed by atoms with Gasteiger partial charge in [0.05, 0.1) is 5.69 Å². The molecule has 1 heterocycles. The van der Waals surface area contributed by atoms with E-state index in [1.807, 2.05) is 54.6 Å². The molecule has 0 amide bonds. The number of aromatic nitrogens is 1. The highest BCUT2D eigenvalue weighted by atomic mass is 16.1. The zero-order valence-electron chi connectivity index (χ0n) is 13.4. The van der Waals surface area contributed by atoms with Crippen molar-refractivity contribution in [3.05, 3.63) is 94.8 Å². The first-order chi connectivity index (χ1) is 11.7. The van der Waals surface area contributed by atoms with Gasteiger partial charge in [-0.3, -0.25) is 4.79 Å². The van der Waals surface area contributed by atoms with Crippen molar-refractivity contribution in [2.75, 3.05) is 0 Å². The monoisotopic (exact) mass is 311 g/mol. The maximum atomic E-state index is 12.6. The zero-order chi connectivity index (χ0) is 16.5. The van der Waals surface area contributed by atoms with E-state index < -0.39 is 0 Å². The molecule has 1 aromatic heterocycles. The van der Waals surface area contributed by atoms with Gasteiger partial charge in [-0.15, -0.1) is 0 Å². The first kappa shape index (κ1) is 14.5. The summed E-state index contributed by atoms with van der Waals surface area (Å²) in [7, 11) is 0. The summed E-state index contributed by atoms with van der Waals surface area (Å²) in [6.07, 6.45) is 0. The first-order valence-corrected chi connectivity index (χ1v) is 8.01. The lowest BCUT2D eigenvalue weighted by atomic mass is 9.94. The van der Waals surface area contributed by atoms with Crippen LogP contribution in [0.2, 0.25) is 0 Å². The van der Waals surface area contributed by atoms with Crippen LogP contribution in [0.3, 0.4) is 0 Å². The highest BCUT2D eigenvalue weighted by Gasteiger charge is 2.14. The number of aryl methyl sites for hydroxylation is 1. The van der Waals surface area contributed by atoms with Gasteiger partial charge < -0.3 is 4.98 Å². The Bertz CT molecular complexity index is 1060. The minimum Gasteiger partial charge on any atom is -0.321 e. The van der Waals surface area contributed by atoms with Crippen LogP contribution in [-0.2, 0) is 0 Å². The Balaban J connectivity index is 2.13. The van der Waals surface area contributed by atoms with Crippen LogP contribution in [0, 0.1) is 6.92 Å². The van der Waals surface area contributed by atoms with Gasteiger partial charge in [-0.1, -0.05) is 78.4 Å². The predicted molar refractivity (Wildman–Crippen MR) is 100 cm³/mol. The summed E-state index contributed by atoms with van der Waals surface area (Å²) >= 11 is 0. The number of aromatic amines is 1. The van der Waals surface area contributed by atoms with E-state index in [9.17, 15) is 4.79 Å². The largest absolute Gasteiger partial charge is 0.321 e. The molecule has 1 N–H and O–H groups in total. The van der Waals surface area contributed by atoms with E-state index in [1.54, 1.807) is 0 Å². The number of rotatable bonds is 2. The van der Waals surface area contributed by atoms with E-state index in [0.29, 0.717) is 5.39 Å². The fraction of sp³-hybridized carbons (Fsp3) is 0.0455. The van der Waals surface area contributed by atoms with E-state index in [4.69, 9.17) is 0 Å². The molecule has 2 heteroatoms. The molecule has 0 saturated carbocycles. The predicted octanol–water partition coefficient (Wildman–Crippen LogP) is 5.17. The smallest absolute Gasteiger partial charge is 0.256 e. The van der Waals surface area contributed by atoms with Crippen molar-refractivity contribution in [1.29, 1.82) is 0 Å². The van der Waals surface area contributed by atoms with Crippen LogP contribution in [0.25, 0.3) is 33.2 Å². The molecule has 3 aromatic carbocycles. The Kier molecular flexibility index (Phi) is 3.51. The Hall–Kier alpha value is -3.13. The second-order valence-corrected chi connectivity index (χ2v) is 5.98. The second kappa shape index (κ2) is 5.82. The molecule has 4 aromatic rings. The highest BCUT2D eigenvalue weighted by molar-refractivity contribution is 6.02. The van der Waals surface area contributed by atoms with Crippen LogP contribution in [0.15, 0.2) is 83.7 Å². The Morgan fingerprint density at radius 1 is 0.667 bits per heavy atom. The molecule has 2 nitrogen and oxygen atoms in total. The van der Waals surface area contributed by atoms with Crippen LogP contribution >= 0.6 is 0 Å². The Morgan fingerprint density at radius 2 is 1.29 bits per heavy atom. The summed E-state index contributed by atoms with van der Waals surface area (Å²) in [6.45, 7) is 2.08. The maximum Gasteiger partial charge on any atom is 0.256 e. The van der Waals surface area contributed by atoms with E-state index in [0.717, 1.165) is 27.8 Å². The lowest BCUT2D eigenvalue weighted by Gasteiger charge is -2.14. The molecule has 0 aliphatic rings. The quantitative estimate of drug-likeness (QED) is 0.544. The molecular weight excluding hydrogens is 294 g/mol. The van der Waals surface area contributed by atoms with Crippen LogP contribution in [0.1, 0.15) is 5.56 Å². The third-order valence-corrected chi connectivity index (χ3v) is 4.33. The number of hydrogen-bond acceptors (Lipinski definition) is 1. The SMILES string of the molecule is Cc1ccc(-c2c(-c3ccccc3)[nH]c(=O)c3ccccc23)cc1. The Labute approximate surface area is 140 Å². The third-order valence-electron chi connectivity index (χ3n) is 4.33. The van der Waals surface area contributed by atoms with Crippen molar-refractivity contribution < 1.29 is 0 Å². The molecule has 0 unspecified atom stereocenters. The molecule has 0 fully saturated rings. The van der Waals surface area contributed by atoms with Gasteiger partial charge in [-0.2, -0.15) is 0 Å². The van der Waals surface area contributed by atoms with Gasteiger partial charge in [0.25, 0.3) is 5.56 Å². The minimum atomic E-state index is -0.0553. The van der Waals surface area contributed by atoms with Crippen LogP contribution in [0.4, 0.5) is 0 Å². The van der Waals surface area contributed by atoms with E-state index in [-0.39, 0.29) is 5.56 Å². The molecular formula is C22H17NO. The van der Waals surface area contributed by atoms with Crippen molar-refractivity contribution in [2.24, 2.45) is 0 Å². The molecule has 0 bridgehead atoms. The van der Waals surface area contributed by atoms with Gasteiger partial charge in [0.2, 0.25) is 0 Å². The summed E-state index contributed by atoms with van der Waals surface area (Å²) in [5.74, 6) is 0. The molecule has 0 spiro atoms. The van der Waals surface area contributed by atoms with Crippen molar-refractivity contribution in [1.82, 2.24) is 4.98 Å². The molecule has 0 radical (unpaired) electrons. The second-order valence-electron chi connectivity index (χ2n) is 5.98. The Morgan fingerprint density at radius 3 is 2.00 bits per heavy atom. The fourth-order valence-electron chi connectivity index (χ4n) is 3.12. The summed E-state index contributed by atoms with van der Waals surface area (Å²) in [5.41, 5.74) is 5.21. The number of nitrogens with one attached hydrogen (secondary N) is 1. The third kappa shape index (κ3) is 2.42. The molecule has 0 saturated heterocycles. The summed E-state index contributed by atoms with van der Waals surface area (Å²) < 4.78 is 0. The molecule has 116 valence electrons. The molecule has 0 aliphatic carbocycles. The molecule has 0 atom stereocenters. The summed E-state index contributed by atoms with van der Waals surface area (Å²) in [4.78, 5) is 15.6. The van der Waals surface area contributed by atoms with Crippen molar-refractivity contribution in [2.45, 2.75) is 6.92 Å². The van der Waals surface area contributed by atoms with E-state index >= 15 is 0 Å². The number of fused-ring (bicyclic) bond motifs is 1. The normalized spacial score (nSPS) is 10.9. The van der Waals surface area contributed by atoms with Crippen LogP contribution < -0.4 is 5.56 Å². The van der Waals surface area contributed by atoms with Crippen molar-refractivity contribution in [3.8, 4) is 22.4 Å². The van der Waals surface area contributed by atoms with Gasteiger partial charge >= 0.3 is 0 Å². The maximum absolute atomic E-state index is 12.6. The minimum absolute atomic E-state index is 0.0553. The van der Waals surface area contributed by atoms with Crippen LogP contribution in [-0.4, -0.2) is 4.98 Å². The van der Waals surface area contributed by atoms with Gasteiger partial charge in [0, 0.05) is 10.9 Å². The average Bonchev–Trinajstić information content (AvgIpc) is 2.63. The zero-order valence-corrected chi connectivity index (χ0v) is 13.4. The van der Waals surface area contributed by atoms with Gasteiger partial charge in [-0.25, -0.2) is 0 Å². The van der Waals surface area contributed by atoms with Gasteiger partial charge in [0.1, 0.15) is 0 Å². The lowest BCUT2D eigenvalue weighted by Crippen LogP contribution is -2.09. The molecule has 24 heavy (non-hydrogen) atoms. The molecule has 0 aliphatic heterocycles. The van der Waals surface area contributed by atoms with Crippen LogP contribution in [0.5, 0.6) is 0 Å². The number of pyridine rings is 1. The number of hydrogen-bond donors (Lipinski definition) is 1. The lowest BCUT2D eigenvalue weighted by molar-refractivity contribution is 1.28. The summed E-state index contributed by atoms with van der Waals surface area (Å²) in [6, 6.07) is 26.2. The first-order valence-electron chi connectivity index (χ1n) is 8.01. The van der Waals surface area contributed by atoms with Crippen molar-refractivity contribution in [3.63, 3.8) is 0 Å². The van der Waals surface area contributed by atoms with Gasteiger partial charge in [-0.05, 0) is 29.5 Å². The molecule has 4 rings (SSSR count). The number of H-pyrrole nitrogens is 1. The topological polar surface area (TPSA) is 32.9 Å². The number of benzene rings is 3. The highest BCUT2D eigenvalue weighted by Crippen LogP contribution is 2.35. The average molecular weight is 311 g/mol. The van der Waals surface area contributed by atoms with E-state index in [1.165, 1.54) is 5.56 Å². The van der Waals surface area contributed by atoms with Crippen molar-refractivity contribution >= 4 is 10.8 Å². The fourth-order valence-corrected chi connectivity index (χ4v) is 3.12. The standard InChI is InChI=1S/C22H17NO/c1-15-11-13-16(14-12-15)20-18-9-5-6-10-19(18)22(24)23-21(20)17-7-3-2-4-8-17/h2-14H,1H3,(H,23,24).